The van der Waals surface area contributed by atoms with Crippen LogP contribution < -0.4 is 5.32 Å². The molecule has 1 fully saturated rings. The molecule has 1 aromatic heterocycles. The second kappa shape index (κ2) is 8.82. The average molecular weight is 434 g/mol. The Morgan fingerprint density at radius 3 is 2.72 bits per heavy atom. The van der Waals surface area contributed by atoms with Crippen LogP contribution in [-0.4, -0.2) is 38.4 Å². The number of aromatic nitrogens is 3. The molecule has 1 saturated carbocycles. The van der Waals surface area contributed by atoms with E-state index in [4.69, 9.17) is 0 Å². The number of nitrogens with one attached hydrogen (secondary N) is 1. The molecule has 6 nitrogen and oxygen atoms in total. The third kappa shape index (κ3) is 4.17. The van der Waals surface area contributed by atoms with E-state index in [1.54, 1.807) is 4.68 Å². The molecule has 7 heteroatoms. The summed E-state index contributed by atoms with van der Waals surface area (Å²) in [6.07, 6.45) is 5.31. The Labute approximate surface area is 187 Å². The monoisotopic (exact) mass is 433 g/mol. The number of halogens is 1. The summed E-state index contributed by atoms with van der Waals surface area (Å²) in [5.74, 6) is -0.335. The topological polar surface area (TPSA) is 63.1 Å². The minimum atomic E-state index is -0.207. The molecule has 1 aliphatic heterocycles. The Bertz CT molecular complexity index is 1120. The van der Waals surface area contributed by atoms with Gasteiger partial charge in [-0.3, -0.25) is 9.69 Å². The summed E-state index contributed by atoms with van der Waals surface area (Å²) < 4.78 is 15.0. The zero-order valence-corrected chi connectivity index (χ0v) is 18.4. The van der Waals surface area contributed by atoms with E-state index in [0.29, 0.717) is 5.69 Å². The number of benzene rings is 2. The molecular weight excluding hydrogens is 405 g/mol. The molecule has 0 bridgehead atoms. The molecule has 166 valence electrons. The van der Waals surface area contributed by atoms with Crippen molar-refractivity contribution < 1.29 is 9.18 Å². The lowest BCUT2D eigenvalue weighted by Crippen LogP contribution is -2.33. The van der Waals surface area contributed by atoms with Crippen LogP contribution in [0.15, 0.2) is 42.5 Å². The molecule has 1 N–H and O–H groups in total. The van der Waals surface area contributed by atoms with Gasteiger partial charge < -0.3 is 5.32 Å². The Morgan fingerprint density at radius 1 is 1.16 bits per heavy atom. The van der Waals surface area contributed by atoms with Crippen molar-refractivity contribution in [3.8, 4) is 5.69 Å². The molecule has 0 saturated heterocycles. The predicted molar refractivity (Wildman–Crippen MR) is 120 cm³/mol. The molecule has 5 rings (SSSR count). The van der Waals surface area contributed by atoms with Crippen molar-refractivity contribution in [1.82, 2.24) is 25.2 Å². The first-order chi connectivity index (χ1) is 15.6. The highest BCUT2D eigenvalue weighted by Gasteiger charge is 2.25. The van der Waals surface area contributed by atoms with Crippen LogP contribution in [0.2, 0.25) is 0 Å². The highest BCUT2D eigenvalue weighted by molar-refractivity contribution is 5.93. The zero-order chi connectivity index (χ0) is 22.1. The summed E-state index contributed by atoms with van der Waals surface area (Å²) in [7, 11) is 0. The van der Waals surface area contributed by atoms with Crippen molar-refractivity contribution in [3.05, 3.63) is 76.4 Å². The van der Waals surface area contributed by atoms with E-state index >= 15 is 0 Å². The van der Waals surface area contributed by atoms with Crippen molar-refractivity contribution in [2.75, 3.05) is 6.54 Å². The quantitative estimate of drug-likeness (QED) is 0.662. The van der Waals surface area contributed by atoms with E-state index in [1.165, 1.54) is 36.1 Å². The number of rotatable bonds is 5. The maximum atomic E-state index is 13.2. The number of carbonyl (C=O) groups is 1. The Morgan fingerprint density at radius 2 is 1.94 bits per heavy atom. The molecule has 3 aromatic rings. The fourth-order valence-corrected chi connectivity index (χ4v) is 4.92. The van der Waals surface area contributed by atoms with Crippen LogP contribution in [0.4, 0.5) is 4.39 Å². The van der Waals surface area contributed by atoms with Crippen LogP contribution in [0.3, 0.4) is 0 Å². The van der Waals surface area contributed by atoms with Crippen molar-refractivity contribution in [2.24, 2.45) is 0 Å². The summed E-state index contributed by atoms with van der Waals surface area (Å²) in [5, 5.41) is 11.7. The smallest absolute Gasteiger partial charge is 0.273 e. The van der Waals surface area contributed by atoms with Gasteiger partial charge in [0.15, 0.2) is 5.69 Å². The van der Waals surface area contributed by atoms with Gasteiger partial charge in [0.25, 0.3) is 5.91 Å². The van der Waals surface area contributed by atoms with Crippen molar-refractivity contribution in [2.45, 2.75) is 58.2 Å². The fraction of sp³-hybridized carbons (Fsp3) is 0.400. The third-order valence-corrected chi connectivity index (χ3v) is 6.67. The van der Waals surface area contributed by atoms with Crippen LogP contribution >= 0.6 is 0 Å². The van der Waals surface area contributed by atoms with E-state index < -0.39 is 0 Å². The Kier molecular flexibility index (Phi) is 5.74. The maximum Gasteiger partial charge on any atom is 0.273 e. The van der Waals surface area contributed by atoms with Crippen molar-refractivity contribution >= 4 is 5.91 Å². The predicted octanol–water partition coefficient (Wildman–Crippen LogP) is 3.95. The molecule has 0 spiro atoms. The summed E-state index contributed by atoms with van der Waals surface area (Å²) in [4.78, 5) is 15.1. The van der Waals surface area contributed by atoms with Crippen LogP contribution in [0, 0.1) is 12.7 Å². The second-order valence-electron chi connectivity index (χ2n) is 8.89. The van der Waals surface area contributed by atoms with Gasteiger partial charge in [-0.25, -0.2) is 9.07 Å². The first kappa shape index (κ1) is 20.8. The molecular formula is C25H28FN5O. The number of hydrogen-bond donors (Lipinski definition) is 1. The number of amides is 1. The number of carbonyl (C=O) groups excluding carboxylic acids is 1. The second-order valence-corrected chi connectivity index (χ2v) is 8.89. The number of fused-ring (bicyclic) bond motifs is 1. The fourth-order valence-electron chi connectivity index (χ4n) is 4.92. The standard InChI is InChI=1S/C25H28FN5O/c1-17-24(25(32)27-21-6-2-3-7-21)28-29-31(17)23-8-4-5-19-16-30(14-13-22(19)23)15-18-9-11-20(26)12-10-18/h4-5,8-12,21H,2-3,6-7,13-16H2,1H3,(H,27,32). The normalized spacial score (nSPS) is 16.8. The first-order valence-corrected chi connectivity index (χ1v) is 11.4. The Hall–Kier alpha value is -3.06. The minimum Gasteiger partial charge on any atom is -0.348 e. The summed E-state index contributed by atoms with van der Waals surface area (Å²) in [6, 6.07) is 13.2. The van der Waals surface area contributed by atoms with Crippen LogP contribution in [0.5, 0.6) is 0 Å². The van der Waals surface area contributed by atoms with E-state index in [-0.39, 0.29) is 17.8 Å². The van der Waals surface area contributed by atoms with Gasteiger partial charge in [-0.05, 0) is 61.1 Å². The van der Waals surface area contributed by atoms with Gasteiger partial charge in [0, 0.05) is 25.7 Å². The minimum absolute atomic E-state index is 0.129. The van der Waals surface area contributed by atoms with E-state index in [2.05, 4.69) is 32.7 Å². The van der Waals surface area contributed by atoms with Gasteiger partial charge in [-0.1, -0.05) is 42.3 Å². The molecule has 2 aliphatic rings. The summed E-state index contributed by atoms with van der Waals surface area (Å²) >= 11 is 0. The van der Waals surface area contributed by atoms with Gasteiger partial charge in [0.2, 0.25) is 0 Å². The van der Waals surface area contributed by atoms with Gasteiger partial charge >= 0.3 is 0 Å². The largest absolute Gasteiger partial charge is 0.348 e. The molecule has 1 amide bonds. The lowest BCUT2D eigenvalue weighted by atomic mass is 9.97. The molecule has 0 atom stereocenters. The van der Waals surface area contributed by atoms with E-state index in [0.717, 1.165) is 55.8 Å². The SMILES string of the molecule is Cc1c(C(=O)NC2CCCC2)nnn1-c1cccc2c1CCN(Cc1ccc(F)cc1)C2. The maximum absolute atomic E-state index is 13.2. The lowest BCUT2D eigenvalue weighted by molar-refractivity contribution is 0.0932. The number of nitrogens with zero attached hydrogens (tertiary/aromatic N) is 4. The van der Waals surface area contributed by atoms with Crippen molar-refractivity contribution in [3.63, 3.8) is 0 Å². The lowest BCUT2D eigenvalue weighted by Gasteiger charge is -2.30. The average Bonchev–Trinajstić information content (AvgIpc) is 3.44. The van der Waals surface area contributed by atoms with Gasteiger partial charge in [-0.2, -0.15) is 0 Å². The van der Waals surface area contributed by atoms with Crippen LogP contribution in [0.1, 0.15) is 58.6 Å². The van der Waals surface area contributed by atoms with E-state index in [9.17, 15) is 9.18 Å². The highest BCUT2D eigenvalue weighted by atomic mass is 19.1. The number of hydrogen-bond acceptors (Lipinski definition) is 4. The van der Waals surface area contributed by atoms with Gasteiger partial charge in [0.1, 0.15) is 5.82 Å². The third-order valence-electron chi connectivity index (χ3n) is 6.67. The van der Waals surface area contributed by atoms with Crippen LogP contribution in [-0.2, 0) is 19.5 Å². The zero-order valence-electron chi connectivity index (χ0n) is 18.4. The van der Waals surface area contributed by atoms with Crippen LogP contribution in [0.25, 0.3) is 5.69 Å². The molecule has 0 radical (unpaired) electrons. The highest BCUT2D eigenvalue weighted by Crippen LogP contribution is 2.27. The molecule has 32 heavy (non-hydrogen) atoms. The Balaban J connectivity index is 1.34. The molecule has 2 aromatic carbocycles. The molecule has 0 unspecified atom stereocenters. The molecule has 2 heterocycles. The van der Waals surface area contributed by atoms with Gasteiger partial charge in [0.05, 0.1) is 11.4 Å². The van der Waals surface area contributed by atoms with Crippen molar-refractivity contribution in [1.29, 1.82) is 0 Å². The summed E-state index contributed by atoms with van der Waals surface area (Å²) in [5.41, 5.74) is 5.78. The first-order valence-electron chi connectivity index (χ1n) is 11.4. The van der Waals surface area contributed by atoms with E-state index in [1.807, 2.05) is 25.1 Å². The molecule has 1 aliphatic carbocycles. The summed E-state index contributed by atoms with van der Waals surface area (Å²) in [6.45, 7) is 4.43. The van der Waals surface area contributed by atoms with Gasteiger partial charge in [-0.15, -0.1) is 5.10 Å².